The topological polar surface area (TPSA) is 57.0 Å². The highest BCUT2D eigenvalue weighted by atomic mass is 16.3. The van der Waals surface area contributed by atoms with Crippen LogP contribution in [0.15, 0.2) is 34.9 Å². The highest BCUT2D eigenvalue weighted by molar-refractivity contribution is 5.88. The van der Waals surface area contributed by atoms with E-state index in [1.165, 1.54) is 11.1 Å². The summed E-state index contributed by atoms with van der Waals surface area (Å²) in [5.74, 6) is 1.51. The number of nitrogens with zero attached hydrogens (tertiary/aromatic N) is 2. The zero-order valence-corrected chi connectivity index (χ0v) is 12.8. The van der Waals surface area contributed by atoms with Crippen molar-refractivity contribution in [2.45, 2.75) is 20.8 Å². The average Bonchev–Trinajstić information content (AvgIpc) is 2.98. The summed E-state index contributed by atoms with van der Waals surface area (Å²) in [5.41, 5.74) is 12.6. The second-order valence-corrected chi connectivity index (χ2v) is 5.42. The van der Waals surface area contributed by atoms with Crippen molar-refractivity contribution in [2.24, 2.45) is 7.05 Å². The van der Waals surface area contributed by atoms with Crippen LogP contribution in [0.3, 0.4) is 0 Å². The molecule has 0 atom stereocenters. The molecule has 0 spiro atoms. The van der Waals surface area contributed by atoms with Gasteiger partial charge >= 0.3 is 0 Å². The maximum Gasteiger partial charge on any atom is 0.129 e. The van der Waals surface area contributed by atoms with Crippen LogP contribution in [0, 0.1) is 20.8 Å². The van der Waals surface area contributed by atoms with E-state index in [2.05, 4.69) is 37.1 Å². The lowest BCUT2D eigenvalue weighted by Crippen LogP contribution is -1.98. The Morgan fingerprint density at radius 2 is 1.86 bits per heavy atom. The van der Waals surface area contributed by atoms with E-state index in [4.69, 9.17) is 10.2 Å². The summed E-state index contributed by atoms with van der Waals surface area (Å²) in [5, 5.41) is 4.57. The van der Waals surface area contributed by atoms with Crippen molar-refractivity contribution in [2.75, 3.05) is 5.73 Å². The molecule has 0 amide bonds. The van der Waals surface area contributed by atoms with Gasteiger partial charge in [0.05, 0.1) is 11.8 Å². The van der Waals surface area contributed by atoms with Crippen molar-refractivity contribution >= 4 is 5.82 Å². The van der Waals surface area contributed by atoms with Crippen LogP contribution in [0.1, 0.15) is 16.9 Å². The Labute approximate surface area is 124 Å². The molecule has 0 radical (unpaired) electrons. The zero-order valence-electron chi connectivity index (χ0n) is 12.8. The van der Waals surface area contributed by atoms with Crippen LogP contribution in [0.25, 0.3) is 22.4 Å². The highest BCUT2D eigenvalue weighted by Gasteiger charge is 2.20. The van der Waals surface area contributed by atoms with Crippen molar-refractivity contribution in [1.29, 1.82) is 0 Å². The van der Waals surface area contributed by atoms with Gasteiger partial charge in [-0.25, -0.2) is 0 Å². The molecule has 0 aliphatic rings. The molecule has 108 valence electrons. The van der Waals surface area contributed by atoms with Crippen LogP contribution in [0.2, 0.25) is 0 Å². The van der Waals surface area contributed by atoms with Gasteiger partial charge in [-0.05, 0) is 43.5 Å². The van der Waals surface area contributed by atoms with Crippen molar-refractivity contribution in [1.82, 2.24) is 9.78 Å². The van der Waals surface area contributed by atoms with E-state index >= 15 is 0 Å². The summed E-state index contributed by atoms with van der Waals surface area (Å²) in [6, 6.07) is 8.29. The molecule has 0 bridgehead atoms. The van der Waals surface area contributed by atoms with E-state index in [0.717, 1.165) is 28.1 Å². The SMILES string of the molecule is Cc1ccc(-c2c(-c3ccoc3C)nn(C)c2N)cc1C. The standard InChI is InChI=1S/C17H19N3O/c1-10-5-6-13(9-11(10)2)15-16(19-20(4)17(15)18)14-7-8-21-12(14)3/h5-9H,18H2,1-4H3. The number of benzene rings is 1. The van der Waals surface area contributed by atoms with Gasteiger partial charge in [0.1, 0.15) is 17.3 Å². The first-order valence-corrected chi connectivity index (χ1v) is 6.93. The monoisotopic (exact) mass is 281 g/mol. The van der Waals surface area contributed by atoms with Gasteiger partial charge in [0.25, 0.3) is 0 Å². The Morgan fingerprint density at radius 1 is 1.10 bits per heavy atom. The number of aromatic nitrogens is 2. The third-order valence-corrected chi connectivity index (χ3v) is 4.00. The maximum atomic E-state index is 6.25. The van der Waals surface area contributed by atoms with Gasteiger partial charge < -0.3 is 10.2 Å². The number of nitrogens with two attached hydrogens (primary N) is 1. The number of anilines is 1. The second-order valence-electron chi connectivity index (χ2n) is 5.42. The molecular weight excluding hydrogens is 262 g/mol. The van der Waals surface area contributed by atoms with Gasteiger partial charge in [-0.15, -0.1) is 0 Å². The molecule has 1 aromatic carbocycles. The number of nitrogen functional groups attached to an aromatic ring is 1. The number of rotatable bonds is 2. The van der Waals surface area contributed by atoms with E-state index in [0.29, 0.717) is 5.82 Å². The summed E-state index contributed by atoms with van der Waals surface area (Å²) < 4.78 is 7.13. The third kappa shape index (κ3) is 2.13. The average molecular weight is 281 g/mol. The fraction of sp³-hybridized carbons (Fsp3) is 0.235. The molecule has 4 heteroatoms. The molecule has 2 heterocycles. The highest BCUT2D eigenvalue weighted by Crippen LogP contribution is 2.38. The largest absolute Gasteiger partial charge is 0.469 e. The first kappa shape index (κ1) is 13.5. The van der Waals surface area contributed by atoms with E-state index < -0.39 is 0 Å². The normalized spacial score (nSPS) is 11.0. The molecule has 0 unspecified atom stereocenters. The van der Waals surface area contributed by atoms with Crippen molar-refractivity contribution in [3.63, 3.8) is 0 Å². The summed E-state index contributed by atoms with van der Waals surface area (Å²) >= 11 is 0. The second kappa shape index (κ2) is 4.81. The van der Waals surface area contributed by atoms with Crippen LogP contribution >= 0.6 is 0 Å². The van der Waals surface area contributed by atoms with E-state index in [1.54, 1.807) is 10.9 Å². The molecule has 4 nitrogen and oxygen atoms in total. The first-order valence-electron chi connectivity index (χ1n) is 6.93. The van der Waals surface area contributed by atoms with Crippen LogP contribution in [-0.4, -0.2) is 9.78 Å². The van der Waals surface area contributed by atoms with Crippen LogP contribution in [-0.2, 0) is 7.05 Å². The van der Waals surface area contributed by atoms with Gasteiger partial charge in [-0.3, -0.25) is 4.68 Å². The van der Waals surface area contributed by atoms with Crippen molar-refractivity contribution in [3.05, 3.63) is 47.4 Å². The van der Waals surface area contributed by atoms with E-state index in [1.807, 2.05) is 20.0 Å². The van der Waals surface area contributed by atoms with Gasteiger partial charge in [0.2, 0.25) is 0 Å². The lowest BCUT2D eigenvalue weighted by molar-refractivity contribution is 0.535. The number of hydrogen-bond acceptors (Lipinski definition) is 3. The minimum absolute atomic E-state index is 0.661. The first-order chi connectivity index (χ1) is 9.99. The Bertz CT molecular complexity index is 812. The maximum absolute atomic E-state index is 6.25. The number of furan rings is 1. The molecule has 2 aromatic heterocycles. The number of hydrogen-bond donors (Lipinski definition) is 1. The van der Waals surface area contributed by atoms with Crippen molar-refractivity contribution < 1.29 is 4.42 Å². The third-order valence-electron chi connectivity index (χ3n) is 4.00. The minimum Gasteiger partial charge on any atom is -0.469 e. The van der Waals surface area contributed by atoms with Gasteiger partial charge in [0.15, 0.2) is 0 Å². The lowest BCUT2D eigenvalue weighted by atomic mass is 9.98. The fourth-order valence-electron chi connectivity index (χ4n) is 2.54. The Morgan fingerprint density at radius 3 is 2.48 bits per heavy atom. The van der Waals surface area contributed by atoms with E-state index in [-0.39, 0.29) is 0 Å². The molecule has 2 N–H and O–H groups in total. The van der Waals surface area contributed by atoms with Crippen LogP contribution < -0.4 is 5.73 Å². The smallest absolute Gasteiger partial charge is 0.129 e. The Hall–Kier alpha value is -2.49. The Balaban J connectivity index is 2.27. The van der Waals surface area contributed by atoms with Gasteiger partial charge in [-0.1, -0.05) is 18.2 Å². The van der Waals surface area contributed by atoms with E-state index in [9.17, 15) is 0 Å². The molecular formula is C17H19N3O. The molecule has 0 aliphatic carbocycles. The molecule has 0 fully saturated rings. The summed E-state index contributed by atoms with van der Waals surface area (Å²) in [6.45, 7) is 6.14. The zero-order chi connectivity index (χ0) is 15.1. The minimum atomic E-state index is 0.661. The molecule has 21 heavy (non-hydrogen) atoms. The van der Waals surface area contributed by atoms with Crippen LogP contribution in [0.5, 0.6) is 0 Å². The summed E-state index contributed by atoms with van der Waals surface area (Å²) in [7, 11) is 1.86. The van der Waals surface area contributed by atoms with Gasteiger partial charge in [-0.2, -0.15) is 5.10 Å². The predicted molar refractivity (Wildman–Crippen MR) is 85.0 cm³/mol. The molecule has 3 rings (SSSR count). The number of aryl methyl sites for hydroxylation is 4. The quantitative estimate of drug-likeness (QED) is 0.776. The molecule has 0 saturated heterocycles. The summed E-state index contributed by atoms with van der Waals surface area (Å²) in [4.78, 5) is 0. The molecule has 3 aromatic rings. The van der Waals surface area contributed by atoms with Crippen molar-refractivity contribution in [3.8, 4) is 22.4 Å². The predicted octanol–water partition coefficient (Wildman–Crippen LogP) is 3.85. The molecule has 0 aliphatic heterocycles. The molecule has 0 saturated carbocycles. The lowest BCUT2D eigenvalue weighted by Gasteiger charge is -2.07. The summed E-state index contributed by atoms with van der Waals surface area (Å²) in [6.07, 6.45) is 1.68. The van der Waals surface area contributed by atoms with Crippen LogP contribution in [0.4, 0.5) is 5.82 Å². The van der Waals surface area contributed by atoms with Gasteiger partial charge in [0, 0.05) is 12.6 Å². The fourth-order valence-corrected chi connectivity index (χ4v) is 2.54. The Kier molecular flexibility index (Phi) is 3.09.